The highest BCUT2D eigenvalue weighted by Crippen LogP contribution is 2.25. The van der Waals surface area contributed by atoms with E-state index in [0.29, 0.717) is 5.69 Å². The maximum atomic E-state index is 12.1. The Hall–Kier alpha value is -1.93. The Bertz CT molecular complexity index is 843. The lowest BCUT2D eigenvalue weighted by molar-refractivity contribution is -0.115. The predicted molar refractivity (Wildman–Crippen MR) is 91.4 cm³/mol. The second kappa shape index (κ2) is 6.29. The summed E-state index contributed by atoms with van der Waals surface area (Å²) >= 11 is 1.16. The summed E-state index contributed by atoms with van der Waals surface area (Å²) in [6, 6.07) is 6.01. The zero-order valence-electron chi connectivity index (χ0n) is 12.6. The molecule has 1 aliphatic rings. The first-order valence-corrected chi connectivity index (χ1v) is 10.00. The fourth-order valence-electron chi connectivity index (χ4n) is 2.61. The molecule has 2 N–H and O–H groups in total. The molecule has 23 heavy (non-hydrogen) atoms. The molecule has 8 heteroatoms. The van der Waals surface area contributed by atoms with Crippen molar-refractivity contribution < 1.29 is 13.2 Å². The van der Waals surface area contributed by atoms with E-state index in [1.54, 1.807) is 5.38 Å². The fourth-order valence-corrected chi connectivity index (χ4v) is 4.18. The van der Waals surface area contributed by atoms with Crippen LogP contribution in [0, 0.1) is 0 Å². The molecule has 0 spiro atoms. The third-order valence-corrected chi connectivity index (χ3v) is 5.05. The normalized spacial score (nSPS) is 13.6. The van der Waals surface area contributed by atoms with Crippen molar-refractivity contribution in [1.29, 1.82) is 0 Å². The van der Waals surface area contributed by atoms with Crippen LogP contribution in [0.15, 0.2) is 23.6 Å². The Morgan fingerprint density at radius 1 is 1.30 bits per heavy atom. The lowest BCUT2D eigenvalue weighted by Gasteiger charge is -2.06. The smallest absolute Gasteiger partial charge is 0.231 e. The van der Waals surface area contributed by atoms with E-state index in [2.05, 4.69) is 21.1 Å². The molecular formula is C15H17N3O3S2. The first-order chi connectivity index (χ1) is 10.9. The van der Waals surface area contributed by atoms with Gasteiger partial charge in [0.1, 0.15) is 0 Å². The number of carbonyl (C=O) groups is 1. The highest BCUT2D eigenvalue weighted by molar-refractivity contribution is 7.92. The van der Waals surface area contributed by atoms with Crippen LogP contribution in [0.5, 0.6) is 0 Å². The van der Waals surface area contributed by atoms with Gasteiger partial charge in [0.2, 0.25) is 15.9 Å². The van der Waals surface area contributed by atoms with Gasteiger partial charge in [0.25, 0.3) is 0 Å². The maximum absolute atomic E-state index is 12.1. The Morgan fingerprint density at radius 3 is 2.87 bits per heavy atom. The molecule has 0 radical (unpaired) electrons. The predicted octanol–water partition coefficient (Wildman–Crippen LogP) is 2.18. The minimum absolute atomic E-state index is 0.110. The number of amides is 1. The Kier molecular flexibility index (Phi) is 4.36. The van der Waals surface area contributed by atoms with Crippen LogP contribution in [0.25, 0.3) is 0 Å². The molecule has 0 bridgehead atoms. The van der Waals surface area contributed by atoms with Gasteiger partial charge in [0, 0.05) is 11.1 Å². The summed E-state index contributed by atoms with van der Waals surface area (Å²) in [4.78, 5) is 16.2. The number of benzene rings is 1. The van der Waals surface area contributed by atoms with Crippen molar-refractivity contribution >= 4 is 38.1 Å². The highest BCUT2D eigenvalue weighted by atomic mass is 32.2. The summed E-state index contributed by atoms with van der Waals surface area (Å²) in [5.41, 5.74) is 4.00. The van der Waals surface area contributed by atoms with E-state index in [1.165, 1.54) is 17.5 Å². The summed E-state index contributed by atoms with van der Waals surface area (Å²) in [7, 11) is -3.35. The van der Waals surface area contributed by atoms with E-state index >= 15 is 0 Å². The van der Waals surface area contributed by atoms with E-state index in [1.807, 2.05) is 12.1 Å². The Balaban J connectivity index is 1.61. The number of aromatic nitrogens is 1. The molecule has 2 aromatic rings. The van der Waals surface area contributed by atoms with Gasteiger partial charge in [-0.25, -0.2) is 13.4 Å². The number of aryl methyl sites for hydroxylation is 2. The van der Waals surface area contributed by atoms with Crippen molar-refractivity contribution in [2.45, 2.75) is 25.7 Å². The highest BCUT2D eigenvalue weighted by Gasteiger charge is 2.13. The summed E-state index contributed by atoms with van der Waals surface area (Å²) < 4.78 is 24.6. The van der Waals surface area contributed by atoms with Gasteiger partial charge in [-0.2, -0.15) is 0 Å². The van der Waals surface area contributed by atoms with Crippen LogP contribution >= 0.6 is 11.3 Å². The molecule has 3 rings (SSSR count). The topological polar surface area (TPSA) is 88.2 Å². The van der Waals surface area contributed by atoms with Gasteiger partial charge < -0.3 is 5.32 Å². The standard InChI is InChI=1S/C15H17N3O3S2/c1-23(20,21)18-15-17-13(9-22-15)8-14(19)16-12-6-5-10-3-2-4-11(10)7-12/h5-7,9H,2-4,8H2,1H3,(H,16,19)(H,17,18). The van der Waals surface area contributed by atoms with Crippen molar-refractivity contribution in [3.8, 4) is 0 Å². The lowest BCUT2D eigenvalue weighted by atomic mass is 10.1. The van der Waals surface area contributed by atoms with Gasteiger partial charge in [0.15, 0.2) is 5.13 Å². The fraction of sp³-hybridized carbons (Fsp3) is 0.333. The van der Waals surface area contributed by atoms with Gasteiger partial charge in [-0.05, 0) is 42.5 Å². The number of rotatable bonds is 5. The molecule has 1 amide bonds. The molecule has 122 valence electrons. The molecule has 0 atom stereocenters. The zero-order chi connectivity index (χ0) is 16.4. The second-order valence-corrected chi connectivity index (χ2v) is 8.19. The number of anilines is 2. The molecule has 0 aliphatic heterocycles. The van der Waals surface area contributed by atoms with E-state index in [9.17, 15) is 13.2 Å². The van der Waals surface area contributed by atoms with E-state index in [-0.39, 0.29) is 17.5 Å². The Labute approximate surface area is 139 Å². The molecule has 6 nitrogen and oxygen atoms in total. The molecule has 1 aromatic carbocycles. The number of fused-ring (bicyclic) bond motifs is 1. The second-order valence-electron chi connectivity index (χ2n) is 5.58. The lowest BCUT2D eigenvalue weighted by Crippen LogP contribution is -2.15. The first kappa shape index (κ1) is 15.9. The van der Waals surface area contributed by atoms with Crippen LogP contribution in [-0.4, -0.2) is 25.6 Å². The summed E-state index contributed by atoms with van der Waals surface area (Å²) in [5.74, 6) is -0.167. The van der Waals surface area contributed by atoms with Gasteiger partial charge in [0.05, 0.1) is 18.4 Å². The van der Waals surface area contributed by atoms with Crippen LogP contribution in [-0.2, 0) is 34.1 Å². The van der Waals surface area contributed by atoms with Crippen LogP contribution in [0.4, 0.5) is 10.8 Å². The molecule has 1 heterocycles. The van der Waals surface area contributed by atoms with Gasteiger partial charge >= 0.3 is 0 Å². The number of thiazole rings is 1. The van der Waals surface area contributed by atoms with Gasteiger partial charge in [-0.3, -0.25) is 9.52 Å². The van der Waals surface area contributed by atoms with Crippen LogP contribution in [0.3, 0.4) is 0 Å². The average Bonchev–Trinajstić information content (AvgIpc) is 3.05. The monoisotopic (exact) mass is 351 g/mol. The number of nitrogens with one attached hydrogen (secondary N) is 2. The molecule has 1 aliphatic carbocycles. The molecular weight excluding hydrogens is 334 g/mol. The van der Waals surface area contributed by atoms with E-state index < -0.39 is 10.0 Å². The number of sulfonamides is 1. The van der Waals surface area contributed by atoms with Gasteiger partial charge in [-0.1, -0.05) is 6.07 Å². The average molecular weight is 351 g/mol. The number of hydrogen-bond acceptors (Lipinski definition) is 5. The van der Waals surface area contributed by atoms with Crippen molar-refractivity contribution in [3.05, 3.63) is 40.4 Å². The van der Waals surface area contributed by atoms with Crippen molar-refractivity contribution in [2.75, 3.05) is 16.3 Å². The minimum atomic E-state index is -3.35. The summed E-state index contributed by atoms with van der Waals surface area (Å²) in [6.07, 6.45) is 4.51. The van der Waals surface area contributed by atoms with Gasteiger partial charge in [-0.15, -0.1) is 11.3 Å². The van der Waals surface area contributed by atoms with Crippen LogP contribution < -0.4 is 10.0 Å². The van der Waals surface area contributed by atoms with Crippen molar-refractivity contribution in [3.63, 3.8) is 0 Å². The van der Waals surface area contributed by atoms with Crippen LogP contribution in [0.2, 0.25) is 0 Å². The number of nitrogens with zero attached hydrogens (tertiary/aromatic N) is 1. The molecule has 0 saturated heterocycles. The molecule has 1 aromatic heterocycles. The van der Waals surface area contributed by atoms with E-state index in [0.717, 1.165) is 36.1 Å². The third-order valence-electron chi connectivity index (χ3n) is 3.55. The number of hydrogen-bond donors (Lipinski definition) is 2. The van der Waals surface area contributed by atoms with Crippen molar-refractivity contribution in [2.24, 2.45) is 0 Å². The SMILES string of the molecule is CS(=O)(=O)Nc1nc(CC(=O)Nc2ccc3c(c2)CCC3)cs1. The minimum Gasteiger partial charge on any atom is -0.326 e. The molecule has 0 fully saturated rings. The zero-order valence-corrected chi connectivity index (χ0v) is 14.3. The van der Waals surface area contributed by atoms with Crippen molar-refractivity contribution in [1.82, 2.24) is 4.98 Å². The van der Waals surface area contributed by atoms with Crippen LogP contribution in [0.1, 0.15) is 23.2 Å². The largest absolute Gasteiger partial charge is 0.326 e. The van der Waals surface area contributed by atoms with E-state index in [4.69, 9.17) is 0 Å². The summed E-state index contributed by atoms with van der Waals surface area (Å²) in [6.45, 7) is 0. The summed E-state index contributed by atoms with van der Waals surface area (Å²) in [5, 5.41) is 4.81. The molecule has 0 unspecified atom stereocenters. The third kappa shape index (κ3) is 4.29. The Morgan fingerprint density at radius 2 is 2.09 bits per heavy atom. The number of carbonyl (C=O) groups excluding carboxylic acids is 1. The molecule has 0 saturated carbocycles. The quantitative estimate of drug-likeness (QED) is 0.864. The maximum Gasteiger partial charge on any atom is 0.231 e. The first-order valence-electron chi connectivity index (χ1n) is 7.23.